The average molecular weight is 300 g/mol. The van der Waals surface area contributed by atoms with E-state index in [-0.39, 0.29) is 18.2 Å². The largest absolute Gasteiger partial charge is 0.444 e. The summed E-state index contributed by atoms with van der Waals surface area (Å²) in [5.74, 6) is 0. The van der Waals surface area contributed by atoms with E-state index in [9.17, 15) is 4.79 Å². The fourth-order valence-corrected chi connectivity index (χ4v) is 2.68. The first-order valence-electron chi connectivity index (χ1n) is 8.11. The maximum absolute atomic E-state index is 11.8. The van der Waals surface area contributed by atoms with Gasteiger partial charge in [-0.05, 0) is 40.0 Å². The Morgan fingerprint density at radius 2 is 1.95 bits per heavy atom. The van der Waals surface area contributed by atoms with Gasteiger partial charge in [0.15, 0.2) is 0 Å². The van der Waals surface area contributed by atoms with Crippen LogP contribution in [0, 0.1) is 0 Å². The molecule has 3 atom stereocenters. The second-order valence-electron chi connectivity index (χ2n) is 6.82. The fourth-order valence-electron chi connectivity index (χ4n) is 2.68. The molecule has 1 amide bonds. The van der Waals surface area contributed by atoms with E-state index in [2.05, 4.69) is 17.6 Å². The third-order valence-electron chi connectivity index (χ3n) is 3.85. The number of methoxy groups -OCH3 is 1. The predicted octanol–water partition coefficient (Wildman–Crippen LogP) is 2.84. The minimum absolute atomic E-state index is 0.0827. The number of ether oxygens (including phenoxy) is 2. The summed E-state index contributed by atoms with van der Waals surface area (Å²) in [5.41, 5.74) is -0.458. The SMILES string of the molecule is CCC(CNC1CCCCC1OC)NC(=O)OC(C)(C)C. The monoisotopic (exact) mass is 300 g/mol. The van der Waals surface area contributed by atoms with E-state index >= 15 is 0 Å². The molecule has 1 aliphatic rings. The Morgan fingerprint density at radius 3 is 2.52 bits per heavy atom. The summed E-state index contributed by atoms with van der Waals surface area (Å²) in [6.07, 6.45) is 5.56. The topological polar surface area (TPSA) is 59.6 Å². The van der Waals surface area contributed by atoms with Crippen LogP contribution in [0.5, 0.6) is 0 Å². The summed E-state index contributed by atoms with van der Waals surface area (Å²) < 4.78 is 10.8. The summed E-state index contributed by atoms with van der Waals surface area (Å²) >= 11 is 0. The molecule has 1 fully saturated rings. The zero-order chi connectivity index (χ0) is 15.9. The lowest BCUT2D eigenvalue weighted by molar-refractivity contribution is 0.0391. The Hall–Kier alpha value is -0.810. The van der Waals surface area contributed by atoms with Gasteiger partial charge in [0.05, 0.1) is 6.10 Å². The van der Waals surface area contributed by atoms with E-state index in [0.717, 1.165) is 25.8 Å². The van der Waals surface area contributed by atoms with Crippen molar-refractivity contribution in [2.24, 2.45) is 0 Å². The molecule has 0 spiro atoms. The van der Waals surface area contributed by atoms with Crippen LogP contribution in [0.2, 0.25) is 0 Å². The molecule has 0 radical (unpaired) electrons. The first-order valence-corrected chi connectivity index (χ1v) is 8.11. The molecule has 0 bridgehead atoms. The second kappa shape index (κ2) is 8.59. The van der Waals surface area contributed by atoms with Crippen LogP contribution in [0.3, 0.4) is 0 Å². The van der Waals surface area contributed by atoms with Crippen molar-refractivity contribution < 1.29 is 14.3 Å². The van der Waals surface area contributed by atoms with Gasteiger partial charge in [-0.25, -0.2) is 4.79 Å². The number of amides is 1. The van der Waals surface area contributed by atoms with E-state index in [1.165, 1.54) is 12.8 Å². The molecule has 1 rings (SSSR count). The molecule has 0 saturated heterocycles. The number of hydrogen-bond donors (Lipinski definition) is 2. The van der Waals surface area contributed by atoms with Crippen LogP contribution in [0.4, 0.5) is 4.79 Å². The number of rotatable bonds is 6. The maximum Gasteiger partial charge on any atom is 0.407 e. The van der Waals surface area contributed by atoms with Crippen LogP contribution in [-0.2, 0) is 9.47 Å². The highest BCUT2D eigenvalue weighted by molar-refractivity contribution is 5.68. The molecule has 0 heterocycles. The summed E-state index contributed by atoms with van der Waals surface area (Å²) in [7, 11) is 1.78. The van der Waals surface area contributed by atoms with Gasteiger partial charge in [0.2, 0.25) is 0 Å². The fraction of sp³-hybridized carbons (Fsp3) is 0.938. The summed E-state index contributed by atoms with van der Waals surface area (Å²) in [6.45, 7) is 8.43. The first-order chi connectivity index (χ1) is 9.85. The highest BCUT2D eigenvalue weighted by atomic mass is 16.6. The molecule has 0 aromatic heterocycles. The highest BCUT2D eigenvalue weighted by Crippen LogP contribution is 2.20. The molecular weight excluding hydrogens is 268 g/mol. The summed E-state index contributed by atoms with van der Waals surface area (Å²) in [5, 5.41) is 6.48. The zero-order valence-electron chi connectivity index (χ0n) is 14.2. The minimum atomic E-state index is -0.458. The molecule has 0 aromatic carbocycles. The van der Waals surface area contributed by atoms with Gasteiger partial charge < -0.3 is 20.1 Å². The molecule has 0 aliphatic heterocycles. The van der Waals surface area contributed by atoms with Gasteiger partial charge in [-0.2, -0.15) is 0 Å². The molecule has 5 nitrogen and oxygen atoms in total. The Morgan fingerprint density at radius 1 is 1.29 bits per heavy atom. The van der Waals surface area contributed by atoms with E-state index < -0.39 is 5.60 Å². The molecule has 0 aromatic rings. The molecular formula is C16H32N2O3. The second-order valence-corrected chi connectivity index (χ2v) is 6.82. The molecule has 5 heteroatoms. The van der Waals surface area contributed by atoms with Crippen molar-refractivity contribution in [1.82, 2.24) is 10.6 Å². The Balaban J connectivity index is 2.38. The van der Waals surface area contributed by atoms with E-state index in [0.29, 0.717) is 6.04 Å². The predicted molar refractivity (Wildman–Crippen MR) is 84.5 cm³/mol. The smallest absolute Gasteiger partial charge is 0.407 e. The Kier molecular flexibility index (Phi) is 7.46. The molecule has 21 heavy (non-hydrogen) atoms. The third-order valence-corrected chi connectivity index (χ3v) is 3.85. The quantitative estimate of drug-likeness (QED) is 0.792. The molecule has 124 valence electrons. The van der Waals surface area contributed by atoms with Gasteiger partial charge >= 0.3 is 6.09 Å². The lowest BCUT2D eigenvalue weighted by Gasteiger charge is -2.32. The lowest BCUT2D eigenvalue weighted by Crippen LogP contribution is -2.50. The summed E-state index contributed by atoms with van der Waals surface area (Å²) in [4.78, 5) is 11.8. The first kappa shape index (κ1) is 18.2. The van der Waals surface area contributed by atoms with E-state index in [1.54, 1.807) is 7.11 Å². The van der Waals surface area contributed by atoms with Gasteiger partial charge in [-0.3, -0.25) is 0 Å². The third kappa shape index (κ3) is 7.14. The molecule has 1 aliphatic carbocycles. The van der Waals surface area contributed by atoms with Crippen LogP contribution in [-0.4, -0.2) is 43.5 Å². The normalized spacial score (nSPS) is 24.4. The number of alkyl carbamates (subject to hydrolysis) is 1. The molecule has 2 N–H and O–H groups in total. The van der Waals surface area contributed by atoms with Crippen LogP contribution in [0.1, 0.15) is 59.8 Å². The molecule has 3 unspecified atom stereocenters. The number of carbonyl (C=O) groups is 1. The Bertz CT molecular complexity index is 315. The van der Waals surface area contributed by atoms with Gasteiger partial charge in [-0.15, -0.1) is 0 Å². The van der Waals surface area contributed by atoms with Crippen LogP contribution < -0.4 is 10.6 Å². The number of carbonyl (C=O) groups excluding carboxylic acids is 1. The van der Waals surface area contributed by atoms with Gasteiger partial charge in [0.1, 0.15) is 5.60 Å². The van der Waals surface area contributed by atoms with Crippen LogP contribution in [0.25, 0.3) is 0 Å². The zero-order valence-corrected chi connectivity index (χ0v) is 14.2. The van der Waals surface area contributed by atoms with Gasteiger partial charge in [0, 0.05) is 25.7 Å². The van der Waals surface area contributed by atoms with Crippen molar-refractivity contribution in [3.05, 3.63) is 0 Å². The molecule has 1 saturated carbocycles. The van der Waals surface area contributed by atoms with Crippen molar-refractivity contribution in [2.75, 3.05) is 13.7 Å². The van der Waals surface area contributed by atoms with Crippen molar-refractivity contribution in [3.63, 3.8) is 0 Å². The van der Waals surface area contributed by atoms with Crippen molar-refractivity contribution in [1.29, 1.82) is 0 Å². The van der Waals surface area contributed by atoms with Gasteiger partial charge in [-0.1, -0.05) is 19.8 Å². The van der Waals surface area contributed by atoms with Crippen molar-refractivity contribution >= 4 is 6.09 Å². The number of hydrogen-bond acceptors (Lipinski definition) is 4. The van der Waals surface area contributed by atoms with E-state index in [1.807, 2.05) is 20.8 Å². The number of nitrogens with one attached hydrogen (secondary N) is 2. The lowest BCUT2D eigenvalue weighted by atomic mass is 9.92. The summed E-state index contributed by atoms with van der Waals surface area (Å²) in [6, 6.07) is 0.470. The standard InChI is InChI=1S/C16H32N2O3/c1-6-12(18-15(19)21-16(2,3)4)11-17-13-9-7-8-10-14(13)20-5/h12-14,17H,6-11H2,1-5H3,(H,18,19). The van der Waals surface area contributed by atoms with Crippen LogP contribution in [0.15, 0.2) is 0 Å². The van der Waals surface area contributed by atoms with Crippen molar-refractivity contribution in [3.8, 4) is 0 Å². The van der Waals surface area contributed by atoms with Crippen LogP contribution >= 0.6 is 0 Å². The van der Waals surface area contributed by atoms with Crippen molar-refractivity contribution in [2.45, 2.75) is 83.6 Å². The van der Waals surface area contributed by atoms with Gasteiger partial charge in [0.25, 0.3) is 0 Å². The maximum atomic E-state index is 11.8. The Labute approximate surface area is 129 Å². The average Bonchev–Trinajstić information content (AvgIpc) is 2.41. The van der Waals surface area contributed by atoms with E-state index in [4.69, 9.17) is 9.47 Å². The minimum Gasteiger partial charge on any atom is -0.444 e. The highest BCUT2D eigenvalue weighted by Gasteiger charge is 2.25.